The molecule has 0 bridgehead atoms. The Hall–Kier alpha value is -1.63. The molecule has 0 spiro atoms. The molecule has 1 amide bonds. The molecule has 0 saturated heterocycles. The van der Waals surface area contributed by atoms with Gasteiger partial charge in [0.1, 0.15) is 5.82 Å². The normalized spacial score (nSPS) is 11.2. The number of amidine groups is 1. The van der Waals surface area contributed by atoms with Gasteiger partial charge in [-0.2, -0.15) is 0 Å². The van der Waals surface area contributed by atoms with Crippen LogP contribution in [0.1, 0.15) is 10.4 Å². The molecule has 0 atom stereocenters. The van der Waals surface area contributed by atoms with Crippen molar-refractivity contribution in [1.82, 2.24) is 5.32 Å². The maximum atomic E-state index is 12.7. The number of rotatable bonds is 3. The van der Waals surface area contributed by atoms with E-state index in [0.717, 1.165) is 0 Å². The number of carbonyl (C=O) groups is 1. The van der Waals surface area contributed by atoms with Crippen LogP contribution in [0.25, 0.3) is 0 Å². The number of nitrogens with zero attached hydrogens (tertiary/aromatic N) is 1. The highest BCUT2D eigenvalue weighted by atomic mass is 79.9. The first kappa shape index (κ1) is 12.4. The highest BCUT2D eigenvalue weighted by molar-refractivity contribution is 9.10. The predicted octanol–water partition coefficient (Wildman–Crippen LogP) is 1.06. The van der Waals surface area contributed by atoms with E-state index in [9.17, 15) is 9.18 Å². The topological polar surface area (TPSA) is 87.7 Å². The number of hydrogen-bond donors (Lipinski definition) is 3. The largest absolute Gasteiger partial charge is 0.409 e. The van der Waals surface area contributed by atoms with Crippen LogP contribution in [0, 0.1) is 5.82 Å². The van der Waals surface area contributed by atoms with E-state index in [1.54, 1.807) is 0 Å². The molecule has 16 heavy (non-hydrogen) atoms. The van der Waals surface area contributed by atoms with Gasteiger partial charge in [-0.25, -0.2) is 4.39 Å². The smallest absolute Gasteiger partial charge is 0.252 e. The number of halogens is 2. The minimum absolute atomic E-state index is 0.0842. The van der Waals surface area contributed by atoms with Gasteiger partial charge in [-0.05, 0) is 34.1 Å². The lowest BCUT2D eigenvalue weighted by Gasteiger charge is -2.05. The minimum atomic E-state index is -0.446. The second-order valence-corrected chi connectivity index (χ2v) is 3.75. The van der Waals surface area contributed by atoms with E-state index < -0.39 is 11.7 Å². The van der Waals surface area contributed by atoms with Gasteiger partial charge >= 0.3 is 0 Å². The summed E-state index contributed by atoms with van der Waals surface area (Å²) in [5, 5.41) is 13.4. The van der Waals surface area contributed by atoms with E-state index in [-0.39, 0.29) is 17.9 Å². The molecule has 1 aromatic rings. The van der Waals surface area contributed by atoms with E-state index in [1.165, 1.54) is 18.2 Å². The second kappa shape index (κ2) is 5.45. The fraction of sp³-hybridized carbons (Fsp3) is 0.111. The Balaban J connectivity index is 2.74. The van der Waals surface area contributed by atoms with E-state index in [2.05, 4.69) is 26.4 Å². The third kappa shape index (κ3) is 3.20. The molecule has 0 aliphatic carbocycles. The zero-order chi connectivity index (χ0) is 12.1. The predicted molar refractivity (Wildman–Crippen MR) is 59.8 cm³/mol. The third-order valence-electron chi connectivity index (χ3n) is 1.73. The lowest BCUT2D eigenvalue weighted by Crippen LogP contribution is -2.33. The monoisotopic (exact) mass is 289 g/mol. The third-order valence-corrected chi connectivity index (χ3v) is 2.39. The zero-order valence-electron chi connectivity index (χ0n) is 8.08. The number of carbonyl (C=O) groups excluding carboxylic acids is 1. The summed E-state index contributed by atoms with van der Waals surface area (Å²) in [6, 6.07) is 3.68. The molecule has 7 heteroatoms. The molecule has 1 rings (SSSR count). The molecule has 0 aliphatic heterocycles. The second-order valence-electron chi connectivity index (χ2n) is 2.90. The first-order valence-corrected chi connectivity index (χ1v) is 5.03. The molecule has 4 N–H and O–H groups in total. The van der Waals surface area contributed by atoms with Crippen LogP contribution in [-0.4, -0.2) is 23.5 Å². The van der Waals surface area contributed by atoms with Gasteiger partial charge in [0.15, 0.2) is 5.84 Å². The summed E-state index contributed by atoms with van der Waals surface area (Å²) < 4.78 is 13.1. The van der Waals surface area contributed by atoms with Gasteiger partial charge in [-0.3, -0.25) is 4.79 Å². The molecule has 0 aromatic heterocycles. The molecule has 0 radical (unpaired) electrons. The molecular weight excluding hydrogens is 281 g/mol. The van der Waals surface area contributed by atoms with Crippen molar-refractivity contribution < 1.29 is 14.4 Å². The number of nitrogens with two attached hydrogens (primary N) is 1. The summed E-state index contributed by atoms with van der Waals surface area (Å²) in [5.74, 6) is -1.01. The van der Waals surface area contributed by atoms with Crippen LogP contribution in [0.2, 0.25) is 0 Å². The van der Waals surface area contributed by atoms with E-state index in [0.29, 0.717) is 4.47 Å². The van der Waals surface area contributed by atoms with Gasteiger partial charge in [0, 0.05) is 4.47 Å². The lowest BCUT2D eigenvalue weighted by molar-refractivity contribution is 0.0958. The first-order valence-electron chi connectivity index (χ1n) is 4.24. The average molecular weight is 290 g/mol. The first-order chi connectivity index (χ1) is 7.54. The van der Waals surface area contributed by atoms with Crippen molar-refractivity contribution in [1.29, 1.82) is 0 Å². The van der Waals surface area contributed by atoms with Gasteiger partial charge in [-0.15, -0.1) is 0 Å². The molecular formula is C9H9BrFN3O2. The number of oxime groups is 1. The molecule has 0 saturated carbocycles. The maximum absolute atomic E-state index is 12.7. The van der Waals surface area contributed by atoms with Gasteiger partial charge in [0.2, 0.25) is 0 Å². The van der Waals surface area contributed by atoms with Gasteiger partial charge in [0.05, 0.1) is 12.1 Å². The summed E-state index contributed by atoms with van der Waals surface area (Å²) in [5.41, 5.74) is 5.45. The van der Waals surface area contributed by atoms with Crippen molar-refractivity contribution in [3.8, 4) is 0 Å². The van der Waals surface area contributed by atoms with Crippen LogP contribution in [-0.2, 0) is 0 Å². The summed E-state index contributed by atoms with van der Waals surface area (Å²) in [7, 11) is 0. The summed E-state index contributed by atoms with van der Waals surface area (Å²) in [6.07, 6.45) is 0. The van der Waals surface area contributed by atoms with Crippen LogP contribution in [0.15, 0.2) is 27.8 Å². The van der Waals surface area contributed by atoms with Gasteiger partial charge in [-0.1, -0.05) is 5.16 Å². The van der Waals surface area contributed by atoms with Gasteiger partial charge < -0.3 is 16.3 Å². The fourth-order valence-electron chi connectivity index (χ4n) is 0.975. The fourth-order valence-corrected chi connectivity index (χ4v) is 1.51. The number of nitrogens with one attached hydrogen (secondary N) is 1. The van der Waals surface area contributed by atoms with E-state index >= 15 is 0 Å². The Bertz CT molecular complexity index is 437. The van der Waals surface area contributed by atoms with Crippen LogP contribution in [0.4, 0.5) is 4.39 Å². The van der Waals surface area contributed by atoms with Crippen molar-refractivity contribution in [3.63, 3.8) is 0 Å². The Labute approximate surface area is 99.3 Å². The lowest BCUT2D eigenvalue weighted by atomic mass is 10.2. The van der Waals surface area contributed by atoms with Crippen molar-refractivity contribution in [2.24, 2.45) is 10.9 Å². The van der Waals surface area contributed by atoms with Crippen LogP contribution < -0.4 is 11.1 Å². The van der Waals surface area contributed by atoms with E-state index in [4.69, 9.17) is 10.9 Å². The molecule has 0 fully saturated rings. The summed E-state index contributed by atoms with van der Waals surface area (Å²) in [4.78, 5) is 11.5. The highest BCUT2D eigenvalue weighted by Crippen LogP contribution is 2.17. The Morgan fingerprint density at radius 1 is 1.62 bits per heavy atom. The molecule has 86 valence electrons. The standard InChI is InChI=1S/C9H9BrFN3O2/c10-7-3-5(11)1-2-6(7)9(15)13-4-8(12)14-16/h1-3,16H,4H2,(H2,12,14)(H,13,15). The number of hydrogen-bond acceptors (Lipinski definition) is 3. The van der Waals surface area contributed by atoms with Crippen molar-refractivity contribution >= 4 is 27.7 Å². The SMILES string of the molecule is N/C(CNC(=O)c1ccc(F)cc1Br)=N\O. The average Bonchev–Trinajstić information content (AvgIpc) is 2.25. The molecule has 1 aromatic carbocycles. The van der Waals surface area contributed by atoms with Crippen LogP contribution in [0.3, 0.4) is 0 Å². The van der Waals surface area contributed by atoms with Crippen LogP contribution >= 0.6 is 15.9 Å². The quantitative estimate of drug-likeness (QED) is 0.337. The molecule has 0 heterocycles. The van der Waals surface area contributed by atoms with Crippen molar-refractivity contribution in [2.45, 2.75) is 0 Å². The minimum Gasteiger partial charge on any atom is -0.409 e. The molecule has 0 aliphatic rings. The number of benzene rings is 1. The van der Waals surface area contributed by atoms with Gasteiger partial charge in [0.25, 0.3) is 5.91 Å². The van der Waals surface area contributed by atoms with E-state index in [1.807, 2.05) is 0 Å². The van der Waals surface area contributed by atoms with Crippen LogP contribution in [0.5, 0.6) is 0 Å². The highest BCUT2D eigenvalue weighted by Gasteiger charge is 2.10. The zero-order valence-corrected chi connectivity index (χ0v) is 9.66. The molecule has 5 nitrogen and oxygen atoms in total. The Kier molecular flexibility index (Phi) is 4.24. The van der Waals surface area contributed by atoms with Crippen molar-refractivity contribution in [2.75, 3.05) is 6.54 Å². The van der Waals surface area contributed by atoms with Crippen molar-refractivity contribution in [3.05, 3.63) is 34.1 Å². The number of amides is 1. The molecule has 0 unspecified atom stereocenters. The Morgan fingerprint density at radius 3 is 2.88 bits per heavy atom. The summed E-state index contributed by atoms with van der Waals surface area (Å²) >= 11 is 3.06. The maximum Gasteiger partial charge on any atom is 0.252 e. The summed E-state index contributed by atoms with van der Waals surface area (Å²) in [6.45, 7) is -0.0842. The Morgan fingerprint density at radius 2 is 2.31 bits per heavy atom.